The Hall–Kier alpha value is -3.85. The van der Waals surface area contributed by atoms with Crippen LogP contribution in [0.2, 0.25) is 0 Å². The van der Waals surface area contributed by atoms with Crippen LogP contribution in [0.1, 0.15) is 13.8 Å². The zero-order valence-corrected chi connectivity index (χ0v) is 19.7. The van der Waals surface area contributed by atoms with Crippen molar-refractivity contribution >= 4 is 27.5 Å². The Morgan fingerprint density at radius 3 is 2.26 bits per heavy atom. The van der Waals surface area contributed by atoms with Crippen LogP contribution in [-0.2, 0) is 28.9 Å². The summed E-state index contributed by atoms with van der Waals surface area (Å²) in [6, 6.07) is 14.9. The van der Waals surface area contributed by atoms with Gasteiger partial charge in [-0.05, 0) is 44.2 Å². The summed E-state index contributed by atoms with van der Waals surface area (Å²) >= 11 is 0. The molecule has 0 amide bonds. The van der Waals surface area contributed by atoms with Gasteiger partial charge in [-0.3, -0.25) is 0 Å². The van der Waals surface area contributed by atoms with Gasteiger partial charge in [0.15, 0.2) is 10.7 Å². The number of hydrogen-bond donors (Lipinski definition) is 0. The number of carbonyl (C=O) groups excluding carboxylic acids is 2. The number of nitrogens with zero attached hydrogens (tertiary/aromatic N) is 1. The first kappa shape index (κ1) is 24.8. The minimum absolute atomic E-state index is 0.0618. The van der Waals surface area contributed by atoms with Crippen molar-refractivity contribution in [1.82, 2.24) is 0 Å². The van der Waals surface area contributed by atoms with Crippen LogP contribution in [0.5, 0.6) is 5.75 Å². The number of esters is 2. The lowest BCUT2D eigenvalue weighted by atomic mass is 10.3. The monoisotopic (exact) mass is 483 g/mol. The zero-order valence-electron chi connectivity index (χ0n) is 18.9. The Labute approximate surface area is 198 Å². The maximum absolute atomic E-state index is 13.2. The summed E-state index contributed by atoms with van der Waals surface area (Å²) in [5, 5.41) is 0. The van der Waals surface area contributed by atoms with Gasteiger partial charge in [0.2, 0.25) is 15.7 Å². The van der Waals surface area contributed by atoms with E-state index in [0.717, 1.165) is 11.8 Å². The Morgan fingerprint density at radius 2 is 1.62 bits per heavy atom. The number of ether oxygens (including phenoxy) is 3. The van der Waals surface area contributed by atoms with Gasteiger partial charge in [-0.15, -0.1) is 0 Å². The molecule has 0 spiro atoms. The lowest BCUT2D eigenvalue weighted by Crippen LogP contribution is -2.21. The van der Waals surface area contributed by atoms with Gasteiger partial charge >= 0.3 is 11.9 Å². The summed E-state index contributed by atoms with van der Waals surface area (Å²) in [5.41, 5.74) is 1.03. The third-order valence-electron chi connectivity index (χ3n) is 4.77. The van der Waals surface area contributed by atoms with Gasteiger partial charge in [0.05, 0.1) is 10.6 Å². The number of fused-ring (bicyclic) bond motifs is 1. The molecule has 0 saturated heterocycles. The second-order valence-electron chi connectivity index (χ2n) is 7.22. The molecule has 0 bridgehead atoms. The lowest BCUT2D eigenvalue weighted by Gasteiger charge is -2.15. The number of sulfone groups is 1. The summed E-state index contributed by atoms with van der Waals surface area (Å²) in [6.45, 7) is 6.87. The van der Waals surface area contributed by atoms with E-state index in [4.69, 9.17) is 14.2 Å². The Bertz CT molecular complexity index is 1250. The molecule has 0 aliphatic carbocycles. The molecule has 8 nitrogen and oxygen atoms in total. The second kappa shape index (κ2) is 10.8. The highest BCUT2D eigenvalue weighted by Gasteiger charge is 2.29. The van der Waals surface area contributed by atoms with Gasteiger partial charge in [0.1, 0.15) is 13.2 Å². The fourth-order valence-corrected chi connectivity index (χ4v) is 4.40. The van der Waals surface area contributed by atoms with Crippen LogP contribution >= 0.6 is 0 Å². The summed E-state index contributed by atoms with van der Waals surface area (Å²) in [7, 11) is -4.20. The van der Waals surface area contributed by atoms with Gasteiger partial charge in [-0.2, -0.15) is 0 Å². The highest BCUT2D eigenvalue weighted by Crippen LogP contribution is 2.38. The van der Waals surface area contributed by atoms with Crippen LogP contribution in [-0.4, -0.2) is 40.1 Å². The fraction of sp³-hybridized carbons (Fsp3) is 0.200. The van der Waals surface area contributed by atoms with Crippen LogP contribution in [0.25, 0.3) is 0 Å². The summed E-state index contributed by atoms with van der Waals surface area (Å²) < 4.78 is 42.3. The Balaban J connectivity index is 1.89. The van der Waals surface area contributed by atoms with Crippen molar-refractivity contribution in [2.45, 2.75) is 18.7 Å². The molecule has 0 radical (unpaired) electrons. The van der Waals surface area contributed by atoms with Crippen molar-refractivity contribution in [2.24, 2.45) is 0 Å². The molecule has 178 valence electrons. The molecule has 0 saturated carbocycles. The maximum atomic E-state index is 13.2. The topological polar surface area (TPSA) is 99.2 Å². The lowest BCUT2D eigenvalue weighted by molar-refractivity contribution is -0.146. The first-order valence-electron chi connectivity index (χ1n) is 10.5. The minimum atomic E-state index is -4.20. The van der Waals surface area contributed by atoms with E-state index in [-0.39, 0.29) is 23.7 Å². The van der Waals surface area contributed by atoms with E-state index in [0.29, 0.717) is 18.2 Å². The van der Waals surface area contributed by atoms with E-state index in [1.54, 1.807) is 24.3 Å². The van der Waals surface area contributed by atoms with Crippen molar-refractivity contribution in [2.75, 3.05) is 24.7 Å². The third-order valence-corrected chi connectivity index (χ3v) is 6.55. The summed E-state index contributed by atoms with van der Waals surface area (Å²) in [4.78, 5) is 25.5. The number of allylic oxidation sites excluding steroid dienone is 2. The van der Waals surface area contributed by atoms with Crippen molar-refractivity contribution in [3.05, 3.63) is 89.7 Å². The normalized spacial score (nSPS) is 14.4. The van der Waals surface area contributed by atoms with Gasteiger partial charge < -0.3 is 19.1 Å². The maximum Gasteiger partial charge on any atom is 0.350 e. The molecule has 2 aromatic carbocycles. The highest BCUT2D eigenvalue weighted by molar-refractivity contribution is 7.96. The number of rotatable bonds is 9. The second-order valence-corrected chi connectivity index (χ2v) is 9.14. The molecule has 0 aromatic heterocycles. The van der Waals surface area contributed by atoms with E-state index in [2.05, 4.69) is 6.58 Å². The predicted molar refractivity (Wildman–Crippen MR) is 127 cm³/mol. The van der Waals surface area contributed by atoms with Gasteiger partial charge in [-0.1, -0.05) is 36.9 Å². The smallest absolute Gasteiger partial charge is 0.350 e. The van der Waals surface area contributed by atoms with Crippen molar-refractivity contribution < 1.29 is 32.2 Å². The van der Waals surface area contributed by atoms with E-state index in [9.17, 15) is 18.0 Å². The van der Waals surface area contributed by atoms with Crippen molar-refractivity contribution in [1.29, 1.82) is 0 Å². The molecule has 0 fully saturated rings. The third kappa shape index (κ3) is 5.55. The van der Waals surface area contributed by atoms with Crippen molar-refractivity contribution in [3.8, 4) is 5.75 Å². The highest BCUT2D eigenvalue weighted by atomic mass is 32.2. The SMILES string of the molecule is C=C(C)C(=O)OCCOC(=O)/C(=C/C=C1\Oc2ccccc2N1CC)S(=O)(=O)c1ccccc1. The average molecular weight is 484 g/mol. The molecule has 0 unspecified atom stereocenters. The van der Waals surface area contributed by atoms with E-state index in [1.807, 2.05) is 30.0 Å². The largest absolute Gasteiger partial charge is 0.459 e. The minimum Gasteiger partial charge on any atom is -0.459 e. The number of hydrogen-bond acceptors (Lipinski definition) is 8. The van der Waals surface area contributed by atoms with Crippen LogP contribution in [0.15, 0.2) is 94.6 Å². The quantitative estimate of drug-likeness (QED) is 0.302. The van der Waals surface area contributed by atoms with Crippen molar-refractivity contribution in [3.63, 3.8) is 0 Å². The van der Waals surface area contributed by atoms with Crippen LogP contribution < -0.4 is 9.64 Å². The first-order valence-corrected chi connectivity index (χ1v) is 12.0. The standard InChI is InChI=1S/C25H25NO7S/c1-4-26-20-12-8-9-13-21(20)33-23(26)15-14-22(34(29,30)19-10-6-5-7-11-19)25(28)32-17-16-31-24(27)18(2)3/h5-15H,2,4,16-17H2,1,3H3/b22-14-,23-15-. The molecule has 1 aliphatic heterocycles. The Kier molecular flexibility index (Phi) is 7.91. The molecule has 9 heteroatoms. The average Bonchev–Trinajstić information content (AvgIpc) is 3.19. The fourth-order valence-electron chi connectivity index (χ4n) is 3.11. The molecular weight excluding hydrogens is 458 g/mol. The molecule has 3 rings (SSSR count). The number of carbonyl (C=O) groups is 2. The summed E-state index contributed by atoms with van der Waals surface area (Å²) in [5.74, 6) is -0.720. The van der Waals surface area contributed by atoms with Crippen LogP contribution in [0.3, 0.4) is 0 Å². The van der Waals surface area contributed by atoms with Crippen LogP contribution in [0, 0.1) is 0 Å². The molecule has 0 N–H and O–H groups in total. The Morgan fingerprint density at radius 1 is 1.00 bits per heavy atom. The van der Waals surface area contributed by atoms with Gasteiger partial charge in [0, 0.05) is 18.2 Å². The number of anilines is 1. The van der Waals surface area contributed by atoms with E-state index < -0.39 is 26.7 Å². The van der Waals surface area contributed by atoms with Crippen LogP contribution in [0.4, 0.5) is 5.69 Å². The molecule has 1 aliphatic rings. The summed E-state index contributed by atoms with van der Waals surface area (Å²) in [6.07, 6.45) is 2.58. The molecule has 34 heavy (non-hydrogen) atoms. The van der Waals surface area contributed by atoms with E-state index >= 15 is 0 Å². The number of para-hydroxylation sites is 2. The zero-order chi connectivity index (χ0) is 24.7. The first-order chi connectivity index (χ1) is 16.3. The molecule has 0 atom stereocenters. The van der Waals surface area contributed by atoms with Gasteiger partial charge in [0.25, 0.3) is 0 Å². The predicted octanol–water partition coefficient (Wildman–Crippen LogP) is 3.77. The number of benzene rings is 2. The molecule has 2 aromatic rings. The molecular formula is C25H25NO7S. The van der Waals surface area contributed by atoms with E-state index in [1.165, 1.54) is 25.1 Å². The van der Waals surface area contributed by atoms with Gasteiger partial charge in [-0.25, -0.2) is 18.0 Å². The molecule has 1 heterocycles.